The Balaban J connectivity index is 1.04. The number of rotatable bonds is 7. The Hall–Kier alpha value is -2.62. The number of carbonyl (C=O) groups is 1. The quantitative estimate of drug-likeness (QED) is 0.272. The van der Waals surface area contributed by atoms with E-state index in [0.717, 1.165) is 76.5 Å². The van der Waals surface area contributed by atoms with Gasteiger partial charge in [0, 0.05) is 30.0 Å². The number of oxime groups is 1. The highest BCUT2D eigenvalue weighted by atomic mass is 16.6. The van der Waals surface area contributed by atoms with Gasteiger partial charge in [-0.05, 0) is 119 Å². The summed E-state index contributed by atoms with van der Waals surface area (Å²) in [6, 6.07) is 11.3. The molecule has 1 aromatic rings. The van der Waals surface area contributed by atoms with Crippen molar-refractivity contribution in [3.05, 3.63) is 47.5 Å². The van der Waals surface area contributed by atoms with Crippen molar-refractivity contribution in [3.63, 3.8) is 0 Å². The van der Waals surface area contributed by atoms with Crippen molar-refractivity contribution in [2.75, 3.05) is 26.7 Å². The van der Waals surface area contributed by atoms with Gasteiger partial charge in [-0.2, -0.15) is 0 Å². The lowest BCUT2D eigenvalue weighted by molar-refractivity contribution is -0.125. The van der Waals surface area contributed by atoms with E-state index in [4.69, 9.17) is 11.3 Å². The summed E-state index contributed by atoms with van der Waals surface area (Å²) in [4.78, 5) is 20.9. The molecule has 6 heteroatoms. The molecule has 0 spiro atoms. The van der Waals surface area contributed by atoms with E-state index in [1.165, 1.54) is 11.1 Å². The molecule has 6 nitrogen and oxygen atoms in total. The number of nitrogens with zero attached hydrogens (tertiary/aromatic N) is 2. The maximum Gasteiger partial charge on any atom is 0.260 e. The lowest BCUT2D eigenvalue weighted by Gasteiger charge is -2.58. The normalized spacial score (nSPS) is 42.1. The molecule has 0 radical (unpaired) electrons. The Labute approximate surface area is 271 Å². The summed E-state index contributed by atoms with van der Waals surface area (Å²) in [7, 11) is 2.21. The van der Waals surface area contributed by atoms with E-state index < -0.39 is 5.60 Å². The second-order valence-electron chi connectivity index (χ2n) is 15.9. The molecule has 1 saturated heterocycles. The fourth-order valence-corrected chi connectivity index (χ4v) is 10.9. The molecule has 6 rings (SSSR count). The molecule has 4 fully saturated rings. The zero-order chi connectivity index (χ0) is 32.0. The molecule has 0 aromatic heterocycles. The Kier molecular flexibility index (Phi) is 8.76. The number of carbonyl (C=O) groups excluding carboxylic acids is 1. The summed E-state index contributed by atoms with van der Waals surface area (Å²) < 4.78 is 0. The van der Waals surface area contributed by atoms with E-state index in [0.29, 0.717) is 36.3 Å². The van der Waals surface area contributed by atoms with E-state index in [-0.39, 0.29) is 28.8 Å². The minimum absolute atomic E-state index is 0.0404. The van der Waals surface area contributed by atoms with Gasteiger partial charge in [0.2, 0.25) is 0 Å². The van der Waals surface area contributed by atoms with Gasteiger partial charge in [0.05, 0.1) is 5.71 Å². The third-order valence-corrected chi connectivity index (χ3v) is 13.9. The van der Waals surface area contributed by atoms with E-state index in [1.807, 2.05) is 0 Å². The summed E-state index contributed by atoms with van der Waals surface area (Å²) in [5.41, 5.74) is 2.90. The Morgan fingerprint density at radius 2 is 1.87 bits per heavy atom. The number of hydrogen-bond acceptors (Lipinski definition) is 5. The number of nitrogens with one attached hydrogen (secondary N) is 1. The van der Waals surface area contributed by atoms with E-state index in [1.54, 1.807) is 0 Å². The number of hydrogen-bond donors (Lipinski definition) is 2. The second kappa shape index (κ2) is 12.2. The van der Waals surface area contributed by atoms with Gasteiger partial charge in [-0.3, -0.25) is 4.79 Å². The molecular formula is C39H55N3O3. The summed E-state index contributed by atoms with van der Waals surface area (Å²) in [5, 5.41) is 18.9. The Morgan fingerprint density at radius 1 is 1.11 bits per heavy atom. The van der Waals surface area contributed by atoms with Gasteiger partial charge >= 0.3 is 0 Å². The predicted octanol–water partition coefficient (Wildman–Crippen LogP) is 6.49. The van der Waals surface area contributed by atoms with E-state index in [9.17, 15) is 9.90 Å². The van der Waals surface area contributed by atoms with Gasteiger partial charge in [0.25, 0.3) is 5.91 Å². The molecule has 1 aliphatic heterocycles. The highest BCUT2D eigenvalue weighted by Gasteiger charge is 2.63. The van der Waals surface area contributed by atoms with Crippen LogP contribution in [-0.2, 0) is 15.0 Å². The van der Waals surface area contributed by atoms with E-state index >= 15 is 0 Å². The van der Waals surface area contributed by atoms with Crippen molar-refractivity contribution < 1.29 is 14.7 Å². The molecule has 4 aliphatic carbocycles. The van der Waals surface area contributed by atoms with Crippen LogP contribution in [0, 0.1) is 46.8 Å². The molecule has 1 amide bonds. The van der Waals surface area contributed by atoms with Crippen molar-refractivity contribution in [2.45, 2.75) is 109 Å². The van der Waals surface area contributed by atoms with Crippen molar-refractivity contribution >= 4 is 11.6 Å². The number of amides is 1. The minimum atomic E-state index is -0.955. The summed E-state index contributed by atoms with van der Waals surface area (Å²) in [6.07, 6.45) is 18.2. The first kappa shape index (κ1) is 32.3. The standard InChI is InChI=1S/C39H55N3O3/c1-7-39(44)20-17-34-32-14-13-30-23-31(15-18-36(30,4)33(32)16-19-37(34,39)5)41-45-26-35(43)40-22-21-38(29-11-9-8-10-12-29)24-28(3)42(6)25-27(38)2/h1,8-12,23,27-28,32-34,44H,13-22,24-26H2,2-6H3,(H,40,43)/t27-,28+,32-,33-,34-,36+,37+,38+,39+/m1/s1. The average molecular weight is 614 g/mol. The first-order valence-electron chi connectivity index (χ1n) is 17.6. The predicted molar refractivity (Wildman–Crippen MR) is 180 cm³/mol. The van der Waals surface area contributed by atoms with Crippen molar-refractivity contribution in [3.8, 4) is 12.3 Å². The molecule has 45 heavy (non-hydrogen) atoms. The monoisotopic (exact) mass is 613 g/mol. The lowest BCUT2D eigenvalue weighted by Crippen LogP contribution is -2.54. The maximum atomic E-state index is 12.8. The van der Waals surface area contributed by atoms with Crippen LogP contribution in [0.4, 0.5) is 0 Å². The molecule has 2 N–H and O–H groups in total. The number of benzene rings is 1. The molecule has 5 aliphatic rings. The third-order valence-electron chi connectivity index (χ3n) is 13.9. The molecule has 0 bridgehead atoms. The van der Waals surface area contributed by atoms with Crippen LogP contribution < -0.4 is 5.32 Å². The van der Waals surface area contributed by atoms with Crippen LogP contribution in [0.2, 0.25) is 0 Å². The molecular weight excluding hydrogens is 558 g/mol. The first-order chi connectivity index (χ1) is 21.5. The number of allylic oxidation sites excluding steroid dienone is 2. The first-order valence-corrected chi connectivity index (χ1v) is 17.6. The molecule has 1 heterocycles. The molecule has 3 saturated carbocycles. The number of likely N-dealkylation sites (tertiary alicyclic amines) is 1. The van der Waals surface area contributed by atoms with Crippen molar-refractivity contribution in [1.29, 1.82) is 0 Å². The van der Waals surface area contributed by atoms with Crippen molar-refractivity contribution in [2.24, 2.45) is 39.7 Å². The number of fused-ring (bicyclic) bond motifs is 5. The zero-order valence-corrected chi connectivity index (χ0v) is 28.3. The van der Waals surface area contributed by atoms with Crippen LogP contribution >= 0.6 is 0 Å². The van der Waals surface area contributed by atoms with Gasteiger partial charge in [0.15, 0.2) is 6.61 Å². The minimum Gasteiger partial charge on any atom is -0.385 e. The van der Waals surface area contributed by atoms with Gasteiger partial charge < -0.3 is 20.2 Å². The highest BCUT2D eigenvalue weighted by Crippen LogP contribution is 2.67. The van der Waals surface area contributed by atoms with Crippen molar-refractivity contribution in [1.82, 2.24) is 10.2 Å². The Morgan fingerprint density at radius 3 is 2.62 bits per heavy atom. The van der Waals surface area contributed by atoms with Crippen LogP contribution in [-0.4, -0.2) is 60.0 Å². The van der Waals surface area contributed by atoms with Crippen LogP contribution in [0.25, 0.3) is 0 Å². The second-order valence-corrected chi connectivity index (χ2v) is 15.9. The number of aliphatic hydroxyl groups is 1. The Bertz CT molecular complexity index is 1370. The van der Waals surface area contributed by atoms with E-state index in [2.05, 4.69) is 92.4 Å². The molecule has 9 atom stereocenters. The summed E-state index contributed by atoms with van der Waals surface area (Å²) in [6.45, 7) is 11.0. The van der Waals surface area contributed by atoms with Gasteiger partial charge in [-0.1, -0.05) is 67.8 Å². The van der Waals surface area contributed by atoms with Crippen LogP contribution in [0.15, 0.2) is 47.1 Å². The zero-order valence-electron chi connectivity index (χ0n) is 28.3. The molecule has 0 unspecified atom stereocenters. The van der Waals surface area contributed by atoms with Crippen LogP contribution in [0.3, 0.4) is 0 Å². The van der Waals surface area contributed by atoms with Gasteiger partial charge in [0.1, 0.15) is 5.60 Å². The number of piperidine rings is 1. The molecule has 244 valence electrons. The third kappa shape index (κ3) is 5.46. The average Bonchev–Trinajstić information content (AvgIpc) is 3.31. The summed E-state index contributed by atoms with van der Waals surface area (Å²) in [5.74, 6) is 4.92. The highest BCUT2D eigenvalue weighted by molar-refractivity contribution is 5.96. The fraction of sp³-hybridized carbons (Fsp3) is 0.692. The maximum absolute atomic E-state index is 12.8. The fourth-order valence-electron chi connectivity index (χ4n) is 10.9. The summed E-state index contributed by atoms with van der Waals surface area (Å²) >= 11 is 0. The smallest absolute Gasteiger partial charge is 0.260 e. The molecule has 1 aromatic carbocycles. The largest absolute Gasteiger partial charge is 0.385 e. The van der Waals surface area contributed by atoms with Crippen LogP contribution in [0.1, 0.15) is 97.5 Å². The van der Waals surface area contributed by atoms with Gasteiger partial charge in [-0.25, -0.2) is 0 Å². The number of terminal acetylenes is 1. The lowest BCUT2D eigenvalue weighted by atomic mass is 9.46. The SMILES string of the molecule is C#C[C@]1(O)CC[C@@H]2[C@@H]3CCC4=CC(=NOCC(=O)NCC[C@]5(c6ccccc6)C[C@H](C)N(C)C[C@H]5C)CC[C@]4(C)[C@@H]3CC[C@@]21C. The van der Waals surface area contributed by atoms with Crippen LogP contribution in [0.5, 0.6) is 0 Å². The van der Waals surface area contributed by atoms with Gasteiger partial charge in [-0.15, -0.1) is 6.42 Å². The topological polar surface area (TPSA) is 74.2 Å².